The summed E-state index contributed by atoms with van der Waals surface area (Å²) >= 11 is 0. The summed E-state index contributed by atoms with van der Waals surface area (Å²) in [7, 11) is 0. The molecule has 0 saturated carbocycles. The van der Waals surface area contributed by atoms with Gasteiger partial charge in [0.05, 0.1) is 5.58 Å². The van der Waals surface area contributed by atoms with Gasteiger partial charge in [-0.3, -0.25) is 0 Å². The topological polar surface area (TPSA) is 51.8 Å². The fourth-order valence-electron chi connectivity index (χ4n) is 6.29. The van der Waals surface area contributed by atoms with E-state index in [-0.39, 0.29) is 48.2 Å². The van der Waals surface area contributed by atoms with Crippen molar-refractivity contribution in [3.05, 3.63) is 160 Å². The quantitative estimate of drug-likeness (QED) is 0.165. The second kappa shape index (κ2) is 15.2. The molecule has 261 valence electrons. The number of fused-ring (bicyclic) bond motifs is 3. The van der Waals surface area contributed by atoms with Crippen molar-refractivity contribution in [2.45, 2.75) is 55.1 Å². The Bertz CT molecular complexity index is 2910. The van der Waals surface area contributed by atoms with E-state index in [1.54, 1.807) is 30.3 Å². The molecule has 8 rings (SSSR count). The molecule has 0 amide bonds. The minimum Gasteiger partial charge on any atom is -0.486 e. The Balaban J connectivity index is 0.000000272. The maximum absolute atomic E-state index is 8.30. The summed E-state index contributed by atoms with van der Waals surface area (Å²) < 4.78 is 97.8. The summed E-state index contributed by atoms with van der Waals surface area (Å²) in [5, 5.41) is 1.41. The van der Waals surface area contributed by atoms with Gasteiger partial charge in [-0.2, -0.15) is 0 Å². The number of pyridine rings is 3. The second-order valence-corrected chi connectivity index (χ2v) is 12.5. The van der Waals surface area contributed by atoms with E-state index >= 15 is 0 Å². The van der Waals surface area contributed by atoms with Gasteiger partial charge in [0.1, 0.15) is 0 Å². The van der Waals surface area contributed by atoms with Crippen LogP contribution in [0.2, 0.25) is 0 Å². The van der Waals surface area contributed by atoms with Gasteiger partial charge >= 0.3 is 0 Å². The predicted molar refractivity (Wildman–Crippen MR) is 211 cm³/mol. The van der Waals surface area contributed by atoms with Crippen LogP contribution < -0.4 is 0 Å². The number of benzene rings is 4. The van der Waals surface area contributed by atoms with E-state index in [4.69, 9.17) is 20.9 Å². The zero-order valence-corrected chi connectivity index (χ0v) is 31.3. The van der Waals surface area contributed by atoms with Gasteiger partial charge in [-0.15, -0.1) is 53.6 Å². The summed E-state index contributed by atoms with van der Waals surface area (Å²) in [5.74, 6) is 0. The number of rotatable bonds is 4. The van der Waals surface area contributed by atoms with Crippen molar-refractivity contribution in [3.63, 3.8) is 0 Å². The fraction of sp³-hybridized carbons (Fsp3) is 0.170. The fourth-order valence-corrected chi connectivity index (χ4v) is 6.29. The van der Waals surface area contributed by atoms with Crippen LogP contribution >= 0.6 is 0 Å². The van der Waals surface area contributed by atoms with E-state index in [2.05, 4.69) is 71.3 Å². The van der Waals surface area contributed by atoms with E-state index in [0.717, 1.165) is 38.8 Å². The Hall–Kier alpha value is -5.22. The van der Waals surface area contributed by atoms with Gasteiger partial charge in [0.15, 0.2) is 0 Å². The molecule has 0 saturated heterocycles. The minimum atomic E-state index is -2.39. The molecular formula is C47H41IrN3O-2. The second-order valence-electron chi connectivity index (χ2n) is 12.5. The first-order valence-corrected chi connectivity index (χ1v) is 16.3. The molecule has 0 aliphatic rings. The van der Waals surface area contributed by atoms with E-state index in [0.29, 0.717) is 39.0 Å². The van der Waals surface area contributed by atoms with E-state index < -0.39 is 27.4 Å². The zero-order valence-electron chi connectivity index (χ0n) is 40.9. The van der Waals surface area contributed by atoms with Crippen LogP contribution in [0.4, 0.5) is 0 Å². The summed E-state index contributed by atoms with van der Waals surface area (Å²) in [5.41, 5.74) is 11.2. The number of hydrogen-bond acceptors (Lipinski definition) is 4. The first-order chi connectivity index (χ1) is 29.4. The Kier molecular flexibility index (Phi) is 7.03. The molecule has 0 atom stereocenters. The van der Waals surface area contributed by atoms with Crippen LogP contribution in [0, 0.1) is 67.2 Å². The molecule has 4 aromatic carbocycles. The molecule has 0 fully saturated rings. The molecule has 0 N–H and O–H groups in total. The average molecular weight is 868 g/mol. The first kappa shape index (κ1) is 24.1. The Morgan fingerprint density at radius 2 is 1.42 bits per heavy atom. The summed E-state index contributed by atoms with van der Waals surface area (Å²) in [6, 6.07) is 32.7. The van der Waals surface area contributed by atoms with Crippen LogP contribution in [-0.2, 0) is 20.1 Å². The third-order valence-corrected chi connectivity index (χ3v) is 9.04. The largest absolute Gasteiger partial charge is 0.486 e. The smallest absolute Gasteiger partial charge is 0.216 e. The van der Waals surface area contributed by atoms with E-state index in [1.807, 2.05) is 19.9 Å². The maximum atomic E-state index is 8.30. The monoisotopic (exact) mass is 868 g/mol. The van der Waals surface area contributed by atoms with Gasteiger partial charge < -0.3 is 14.4 Å². The molecule has 4 heterocycles. The SMILES string of the molecule is [2H]C([2H])([2H])c1c[c-]c(-c2ccc(C([2H])([2H])[2H])cn2)cc1.[2H]C([2H])([2H])c1ccc2c(n1)oc1c(-c3cc(-c4cc(C)c(-c5ccc(C)cc5)c(C)c4C)c(C([2H])([2H])[2H])cn3)[c-]ccc12.[Ir]. The third kappa shape index (κ3) is 7.25. The molecule has 0 spiro atoms. The predicted octanol–water partition coefficient (Wildman–Crippen LogP) is 12.2. The van der Waals surface area contributed by atoms with E-state index in [1.165, 1.54) is 42.2 Å². The average Bonchev–Trinajstić information content (AvgIpc) is 3.60. The minimum absolute atomic E-state index is 0. The van der Waals surface area contributed by atoms with Crippen LogP contribution in [0.15, 0.2) is 108 Å². The molecule has 4 aromatic heterocycles. The van der Waals surface area contributed by atoms with Crippen molar-refractivity contribution >= 4 is 22.1 Å². The van der Waals surface area contributed by atoms with Crippen molar-refractivity contribution in [2.24, 2.45) is 0 Å². The first-order valence-electron chi connectivity index (χ1n) is 22.3. The van der Waals surface area contributed by atoms with Crippen LogP contribution in [0.25, 0.3) is 66.8 Å². The summed E-state index contributed by atoms with van der Waals surface area (Å²) in [4.78, 5) is 12.9. The summed E-state index contributed by atoms with van der Waals surface area (Å²) in [6.07, 6.45) is 2.71. The van der Waals surface area contributed by atoms with Crippen LogP contribution in [-0.4, -0.2) is 15.0 Å². The number of aryl methyl sites for hydroxylation is 6. The standard InChI is InChI=1S/C34H29N2O.C13H12N.Ir/c1-19-10-13-25(14-11-19)32-20(2)16-30(23(5)24(32)6)29-17-31(35-18-21(29)3)28-9-7-8-26-27-15-12-22(4)36-34(27)37-33(26)28;1-10-3-6-12(7-4-10)13-8-5-11(2)9-14-13;/h7-8,10-18H,1-6H3;3-6,8-9H,1-2H3;/q2*-1;/i3D3,4D3;1D3,2D3;. The number of aromatic nitrogens is 3. The van der Waals surface area contributed by atoms with Gasteiger partial charge in [-0.05, 0) is 122 Å². The van der Waals surface area contributed by atoms with Gasteiger partial charge in [0.25, 0.3) is 0 Å². The molecule has 5 heteroatoms. The van der Waals surface area contributed by atoms with Gasteiger partial charge in [-0.1, -0.05) is 71.9 Å². The van der Waals surface area contributed by atoms with Gasteiger partial charge in [0.2, 0.25) is 5.71 Å². The van der Waals surface area contributed by atoms with Crippen molar-refractivity contribution in [3.8, 4) is 44.8 Å². The molecule has 4 nitrogen and oxygen atoms in total. The number of furan rings is 1. The van der Waals surface area contributed by atoms with Crippen molar-refractivity contribution < 1.29 is 41.0 Å². The normalized spacial score (nSPS) is 15.3. The van der Waals surface area contributed by atoms with Crippen LogP contribution in [0.3, 0.4) is 0 Å². The molecule has 1 radical (unpaired) electrons. The molecule has 0 aliphatic heterocycles. The van der Waals surface area contributed by atoms with Crippen molar-refractivity contribution in [2.75, 3.05) is 0 Å². The maximum Gasteiger partial charge on any atom is 0.216 e. The molecule has 0 bridgehead atoms. The van der Waals surface area contributed by atoms with Gasteiger partial charge in [-0.25, -0.2) is 4.98 Å². The summed E-state index contributed by atoms with van der Waals surface area (Å²) in [6.45, 7) is -0.904. The molecule has 0 unspecified atom stereocenters. The Labute approximate surface area is 337 Å². The third-order valence-electron chi connectivity index (χ3n) is 9.04. The molecule has 52 heavy (non-hydrogen) atoms. The Morgan fingerprint density at radius 1 is 0.635 bits per heavy atom. The number of hydrogen-bond donors (Lipinski definition) is 0. The van der Waals surface area contributed by atoms with E-state index in [9.17, 15) is 0 Å². The Morgan fingerprint density at radius 3 is 2.13 bits per heavy atom. The zero-order chi connectivity index (χ0) is 45.8. The molecule has 0 aliphatic carbocycles. The number of nitrogens with zero attached hydrogens (tertiary/aromatic N) is 3. The van der Waals surface area contributed by atoms with Gasteiger partial charge in [0, 0.05) is 60.0 Å². The van der Waals surface area contributed by atoms with Crippen molar-refractivity contribution in [1.29, 1.82) is 0 Å². The molecular weight excluding hydrogens is 815 g/mol. The van der Waals surface area contributed by atoms with Crippen molar-refractivity contribution in [1.82, 2.24) is 15.0 Å². The van der Waals surface area contributed by atoms with Crippen LogP contribution in [0.5, 0.6) is 0 Å². The van der Waals surface area contributed by atoms with Crippen LogP contribution in [0.1, 0.15) is 61.1 Å². The molecule has 8 aromatic rings.